The maximum atomic E-state index is 2.75. The Hall–Kier alpha value is -0.0400. The number of hydrogen-bond donors (Lipinski definition) is 0. The maximum Gasteiger partial charge on any atom is 0.0104 e. The number of rotatable bonds is 3. The van der Waals surface area contributed by atoms with Crippen molar-refractivity contribution >= 4 is 0 Å². The van der Waals surface area contributed by atoms with Gasteiger partial charge >= 0.3 is 0 Å². The molecule has 1 saturated heterocycles. The Labute approximate surface area is 96.2 Å². The standard InChI is InChI=1S/C14H29N/c1-11(2)12(3)15-9-7-8-13(15)10-14(4,5)6/h11-13H,7-10H2,1-6H3. The molecule has 0 bridgehead atoms. The smallest absolute Gasteiger partial charge is 0.0104 e. The van der Waals surface area contributed by atoms with E-state index in [1.54, 1.807) is 0 Å². The minimum absolute atomic E-state index is 0.476. The van der Waals surface area contributed by atoms with Gasteiger partial charge in [-0.15, -0.1) is 0 Å². The van der Waals surface area contributed by atoms with Gasteiger partial charge in [0.25, 0.3) is 0 Å². The average molecular weight is 211 g/mol. The van der Waals surface area contributed by atoms with Crippen LogP contribution in [0, 0.1) is 11.3 Å². The summed E-state index contributed by atoms with van der Waals surface area (Å²) in [5, 5.41) is 0. The summed E-state index contributed by atoms with van der Waals surface area (Å²) in [4.78, 5) is 2.75. The van der Waals surface area contributed by atoms with Crippen LogP contribution in [0.2, 0.25) is 0 Å². The van der Waals surface area contributed by atoms with Crippen LogP contribution in [-0.4, -0.2) is 23.5 Å². The summed E-state index contributed by atoms with van der Waals surface area (Å²) in [5.41, 5.74) is 0.476. The van der Waals surface area contributed by atoms with E-state index in [0.29, 0.717) is 5.41 Å². The normalized spacial score (nSPS) is 26.2. The first-order valence-corrected chi connectivity index (χ1v) is 6.57. The van der Waals surface area contributed by atoms with E-state index in [1.807, 2.05) is 0 Å². The quantitative estimate of drug-likeness (QED) is 0.683. The van der Waals surface area contributed by atoms with E-state index in [9.17, 15) is 0 Å². The highest BCUT2D eigenvalue weighted by Gasteiger charge is 2.32. The Morgan fingerprint density at radius 3 is 2.27 bits per heavy atom. The molecule has 1 nitrogen and oxygen atoms in total. The monoisotopic (exact) mass is 211 g/mol. The highest BCUT2D eigenvalue weighted by atomic mass is 15.2. The molecule has 0 spiro atoms. The summed E-state index contributed by atoms with van der Waals surface area (Å²) < 4.78 is 0. The molecule has 2 unspecified atom stereocenters. The van der Waals surface area contributed by atoms with Gasteiger partial charge in [0, 0.05) is 12.1 Å². The van der Waals surface area contributed by atoms with Gasteiger partial charge in [0.05, 0.1) is 0 Å². The molecule has 0 aliphatic carbocycles. The highest BCUT2D eigenvalue weighted by Crippen LogP contribution is 2.32. The summed E-state index contributed by atoms with van der Waals surface area (Å²) >= 11 is 0. The van der Waals surface area contributed by atoms with Crippen molar-refractivity contribution in [1.29, 1.82) is 0 Å². The first-order valence-electron chi connectivity index (χ1n) is 6.57. The van der Waals surface area contributed by atoms with Crippen molar-refractivity contribution in [2.24, 2.45) is 11.3 Å². The summed E-state index contributed by atoms with van der Waals surface area (Å²) in [6, 6.07) is 1.59. The zero-order valence-electron chi connectivity index (χ0n) is 11.5. The van der Waals surface area contributed by atoms with E-state index in [1.165, 1.54) is 25.8 Å². The van der Waals surface area contributed by atoms with Crippen LogP contribution < -0.4 is 0 Å². The summed E-state index contributed by atoms with van der Waals surface area (Å²) in [6.07, 6.45) is 4.16. The van der Waals surface area contributed by atoms with E-state index in [-0.39, 0.29) is 0 Å². The highest BCUT2D eigenvalue weighted by molar-refractivity contribution is 4.86. The fourth-order valence-corrected chi connectivity index (χ4v) is 2.70. The van der Waals surface area contributed by atoms with Gasteiger partial charge in [-0.3, -0.25) is 4.90 Å². The van der Waals surface area contributed by atoms with Crippen LogP contribution in [0.3, 0.4) is 0 Å². The predicted molar refractivity (Wildman–Crippen MR) is 68.1 cm³/mol. The van der Waals surface area contributed by atoms with E-state index in [0.717, 1.165) is 18.0 Å². The first-order chi connectivity index (χ1) is 6.81. The van der Waals surface area contributed by atoms with Crippen molar-refractivity contribution in [2.75, 3.05) is 6.54 Å². The third-order valence-electron chi connectivity index (χ3n) is 3.76. The lowest BCUT2D eigenvalue weighted by Crippen LogP contribution is -2.41. The lowest BCUT2D eigenvalue weighted by atomic mass is 9.86. The van der Waals surface area contributed by atoms with Crippen LogP contribution in [0.4, 0.5) is 0 Å². The Bertz CT molecular complexity index is 190. The van der Waals surface area contributed by atoms with Gasteiger partial charge in [0.2, 0.25) is 0 Å². The van der Waals surface area contributed by atoms with E-state index in [4.69, 9.17) is 0 Å². The molecule has 0 aromatic carbocycles. The Kier molecular flexibility index (Phi) is 4.22. The van der Waals surface area contributed by atoms with Crippen molar-refractivity contribution in [2.45, 2.75) is 72.9 Å². The molecule has 90 valence electrons. The van der Waals surface area contributed by atoms with Crippen LogP contribution in [0.25, 0.3) is 0 Å². The lowest BCUT2D eigenvalue weighted by Gasteiger charge is -2.36. The minimum Gasteiger partial charge on any atom is -0.297 e. The summed E-state index contributed by atoms with van der Waals surface area (Å²) in [7, 11) is 0. The number of hydrogen-bond acceptors (Lipinski definition) is 1. The lowest BCUT2D eigenvalue weighted by molar-refractivity contribution is 0.122. The molecular formula is C14H29N. The first kappa shape index (κ1) is 13.0. The molecule has 0 saturated carbocycles. The molecule has 1 aliphatic heterocycles. The molecule has 0 radical (unpaired) electrons. The maximum absolute atomic E-state index is 2.75. The van der Waals surface area contributed by atoms with Gasteiger partial charge in [-0.25, -0.2) is 0 Å². The zero-order chi connectivity index (χ0) is 11.6. The third kappa shape index (κ3) is 3.79. The van der Waals surface area contributed by atoms with Crippen molar-refractivity contribution < 1.29 is 0 Å². The molecular weight excluding hydrogens is 182 g/mol. The molecule has 15 heavy (non-hydrogen) atoms. The van der Waals surface area contributed by atoms with E-state index < -0.39 is 0 Å². The third-order valence-corrected chi connectivity index (χ3v) is 3.76. The molecule has 1 rings (SSSR count). The minimum atomic E-state index is 0.476. The van der Waals surface area contributed by atoms with Crippen LogP contribution in [-0.2, 0) is 0 Å². The molecule has 1 aliphatic rings. The van der Waals surface area contributed by atoms with Crippen molar-refractivity contribution in [3.8, 4) is 0 Å². The van der Waals surface area contributed by atoms with Crippen molar-refractivity contribution in [1.82, 2.24) is 4.90 Å². The fraction of sp³-hybridized carbons (Fsp3) is 1.00. The Morgan fingerprint density at radius 2 is 1.80 bits per heavy atom. The van der Waals surface area contributed by atoms with Crippen LogP contribution >= 0.6 is 0 Å². The molecule has 0 N–H and O–H groups in total. The van der Waals surface area contributed by atoms with Gasteiger partial charge in [0.1, 0.15) is 0 Å². The van der Waals surface area contributed by atoms with Crippen LogP contribution in [0.15, 0.2) is 0 Å². The van der Waals surface area contributed by atoms with E-state index >= 15 is 0 Å². The SMILES string of the molecule is CC(C)C(C)N1CCCC1CC(C)(C)C. The second-order valence-electron chi connectivity index (χ2n) is 6.78. The van der Waals surface area contributed by atoms with Gasteiger partial charge in [-0.2, -0.15) is 0 Å². The van der Waals surface area contributed by atoms with Crippen molar-refractivity contribution in [3.05, 3.63) is 0 Å². The van der Waals surface area contributed by atoms with Gasteiger partial charge < -0.3 is 0 Å². The average Bonchev–Trinajstić information content (AvgIpc) is 2.47. The summed E-state index contributed by atoms with van der Waals surface area (Å²) in [6.45, 7) is 15.5. The zero-order valence-corrected chi connectivity index (χ0v) is 11.5. The molecule has 1 heteroatoms. The van der Waals surface area contributed by atoms with Gasteiger partial charge in [-0.1, -0.05) is 34.6 Å². The number of likely N-dealkylation sites (tertiary alicyclic amines) is 1. The molecule has 2 atom stereocenters. The second kappa shape index (κ2) is 4.86. The predicted octanol–water partition coefficient (Wildman–Crippen LogP) is 3.93. The van der Waals surface area contributed by atoms with Gasteiger partial charge in [0.15, 0.2) is 0 Å². The van der Waals surface area contributed by atoms with Crippen molar-refractivity contribution in [3.63, 3.8) is 0 Å². The largest absolute Gasteiger partial charge is 0.297 e. The van der Waals surface area contributed by atoms with Gasteiger partial charge in [-0.05, 0) is 44.1 Å². The van der Waals surface area contributed by atoms with E-state index in [2.05, 4.69) is 46.4 Å². The summed E-state index contributed by atoms with van der Waals surface area (Å²) in [5.74, 6) is 0.783. The second-order valence-corrected chi connectivity index (χ2v) is 6.78. The molecule has 0 aromatic rings. The topological polar surface area (TPSA) is 3.24 Å². The molecule has 0 amide bonds. The van der Waals surface area contributed by atoms with Crippen LogP contribution in [0.5, 0.6) is 0 Å². The number of nitrogens with zero attached hydrogens (tertiary/aromatic N) is 1. The van der Waals surface area contributed by atoms with Crippen LogP contribution in [0.1, 0.15) is 60.8 Å². The molecule has 1 heterocycles. The molecule has 0 aromatic heterocycles. The molecule has 1 fully saturated rings. The Morgan fingerprint density at radius 1 is 1.20 bits per heavy atom. The fourth-order valence-electron chi connectivity index (χ4n) is 2.70. The Balaban J connectivity index is 2.57.